The molecule has 0 fully saturated rings. The zero-order chi connectivity index (χ0) is 11.9. The first-order valence-corrected chi connectivity index (χ1v) is 6.81. The second kappa shape index (κ2) is 6.83. The second-order valence-electron chi connectivity index (χ2n) is 4.69. The molecule has 0 radical (unpaired) electrons. The lowest BCUT2D eigenvalue weighted by Gasteiger charge is -2.17. The van der Waals surface area contributed by atoms with Crippen LogP contribution in [0.4, 0.5) is 0 Å². The van der Waals surface area contributed by atoms with Crippen LogP contribution in [0.15, 0.2) is 42.0 Å². The van der Waals surface area contributed by atoms with Gasteiger partial charge in [-0.25, -0.2) is 4.42 Å². The molecule has 0 spiro atoms. The highest BCUT2D eigenvalue weighted by atomic mass is 35.5. The van der Waals surface area contributed by atoms with Crippen LogP contribution in [0.1, 0.15) is 37.7 Å². The van der Waals surface area contributed by atoms with Gasteiger partial charge >= 0.3 is 0 Å². The Labute approximate surface area is 109 Å². The van der Waals surface area contributed by atoms with Gasteiger partial charge in [0.05, 0.1) is 0 Å². The fourth-order valence-corrected chi connectivity index (χ4v) is 2.48. The molecule has 17 heavy (non-hydrogen) atoms. The number of allylic oxidation sites excluding steroid dienone is 1. The Balaban J connectivity index is 1.74. The molecule has 0 amide bonds. The second-order valence-corrected chi connectivity index (χ2v) is 5.17. The normalized spacial score (nSPS) is 16.0. The van der Waals surface area contributed by atoms with Crippen LogP contribution in [0.2, 0.25) is 0 Å². The molecule has 0 heterocycles. The van der Waals surface area contributed by atoms with Crippen LogP contribution >= 0.6 is 11.8 Å². The minimum absolute atomic E-state index is 0.829. The summed E-state index contributed by atoms with van der Waals surface area (Å²) in [5.41, 5.74) is 2.87. The quantitative estimate of drug-likeness (QED) is 0.547. The Morgan fingerprint density at radius 2 is 1.94 bits per heavy atom. The summed E-state index contributed by atoms with van der Waals surface area (Å²) in [7, 11) is 0. The highest BCUT2D eigenvalue weighted by Crippen LogP contribution is 2.21. The zero-order valence-electron chi connectivity index (χ0n) is 10.2. The van der Waals surface area contributed by atoms with E-state index in [1.165, 1.54) is 31.2 Å². The summed E-state index contributed by atoms with van der Waals surface area (Å²) < 4.78 is 1.89. The average Bonchev–Trinajstić information content (AvgIpc) is 2.39. The third kappa shape index (κ3) is 4.53. The summed E-state index contributed by atoms with van der Waals surface area (Å²) >= 11 is 6.24. The molecule has 0 atom stereocenters. The van der Waals surface area contributed by atoms with E-state index in [0.717, 1.165) is 19.5 Å². The predicted molar refractivity (Wildman–Crippen MR) is 73.9 cm³/mol. The van der Waals surface area contributed by atoms with Crippen molar-refractivity contribution in [1.29, 1.82) is 0 Å². The van der Waals surface area contributed by atoms with E-state index < -0.39 is 0 Å². The van der Waals surface area contributed by atoms with Crippen LogP contribution in [0.3, 0.4) is 0 Å². The van der Waals surface area contributed by atoms with Crippen molar-refractivity contribution in [3.8, 4) is 0 Å². The lowest BCUT2D eigenvalue weighted by atomic mass is 9.97. The van der Waals surface area contributed by atoms with Gasteiger partial charge < -0.3 is 0 Å². The molecule has 2 rings (SSSR count). The van der Waals surface area contributed by atoms with E-state index in [9.17, 15) is 0 Å². The lowest BCUT2D eigenvalue weighted by Crippen LogP contribution is -2.14. The molecule has 0 saturated heterocycles. The zero-order valence-corrected chi connectivity index (χ0v) is 11.0. The van der Waals surface area contributed by atoms with E-state index >= 15 is 0 Å². The molecule has 1 aromatic rings. The maximum absolute atomic E-state index is 6.24. The van der Waals surface area contributed by atoms with Crippen molar-refractivity contribution < 1.29 is 0 Å². The summed E-state index contributed by atoms with van der Waals surface area (Å²) in [5.74, 6) is 0. The highest BCUT2D eigenvalue weighted by Gasteiger charge is 2.06. The number of hydrogen-bond acceptors (Lipinski definition) is 1. The van der Waals surface area contributed by atoms with E-state index in [1.807, 2.05) is 10.5 Å². The van der Waals surface area contributed by atoms with Gasteiger partial charge in [0.15, 0.2) is 0 Å². The SMILES string of the molecule is ClN(CCC1=CCCCC1)Cc1ccccc1. The molecule has 0 aromatic heterocycles. The van der Waals surface area contributed by atoms with E-state index in [4.69, 9.17) is 11.8 Å². The smallest absolute Gasteiger partial charge is 0.0389 e. The van der Waals surface area contributed by atoms with Crippen LogP contribution in [0, 0.1) is 0 Å². The minimum Gasteiger partial charge on any atom is -0.215 e. The minimum atomic E-state index is 0.829. The third-order valence-corrected chi connectivity index (χ3v) is 3.55. The first kappa shape index (κ1) is 12.7. The molecule has 0 aliphatic heterocycles. The summed E-state index contributed by atoms with van der Waals surface area (Å²) in [6.07, 6.45) is 8.77. The molecule has 0 bridgehead atoms. The Kier molecular flexibility index (Phi) is 5.08. The number of hydrogen-bond donors (Lipinski definition) is 0. The molecule has 0 N–H and O–H groups in total. The predicted octanol–water partition coefficient (Wildman–Crippen LogP) is 4.53. The monoisotopic (exact) mass is 249 g/mol. The van der Waals surface area contributed by atoms with Gasteiger partial charge in [0.1, 0.15) is 0 Å². The number of halogens is 1. The lowest BCUT2D eigenvalue weighted by molar-refractivity contribution is 0.448. The van der Waals surface area contributed by atoms with Gasteiger partial charge in [-0.05, 0) is 49.4 Å². The highest BCUT2D eigenvalue weighted by molar-refractivity contribution is 6.13. The van der Waals surface area contributed by atoms with Gasteiger partial charge in [0.2, 0.25) is 0 Å². The van der Waals surface area contributed by atoms with Crippen molar-refractivity contribution >= 4 is 11.8 Å². The topological polar surface area (TPSA) is 3.24 Å². The number of benzene rings is 1. The van der Waals surface area contributed by atoms with Crippen molar-refractivity contribution in [2.75, 3.05) is 6.54 Å². The molecular weight excluding hydrogens is 230 g/mol. The largest absolute Gasteiger partial charge is 0.215 e. The summed E-state index contributed by atoms with van der Waals surface area (Å²) in [5, 5.41) is 0. The Morgan fingerprint density at radius 3 is 2.65 bits per heavy atom. The van der Waals surface area contributed by atoms with E-state index in [0.29, 0.717) is 0 Å². The summed E-state index contributed by atoms with van der Waals surface area (Å²) in [4.78, 5) is 0. The molecule has 1 nitrogen and oxygen atoms in total. The maximum atomic E-state index is 6.24. The number of rotatable bonds is 5. The van der Waals surface area contributed by atoms with Crippen LogP contribution in [0.5, 0.6) is 0 Å². The number of nitrogens with zero attached hydrogens (tertiary/aromatic N) is 1. The fourth-order valence-electron chi connectivity index (χ4n) is 2.26. The van der Waals surface area contributed by atoms with E-state index in [1.54, 1.807) is 5.57 Å². The van der Waals surface area contributed by atoms with Gasteiger partial charge in [-0.2, -0.15) is 0 Å². The summed E-state index contributed by atoms with van der Waals surface area (Å²) in [6, 6.07) is 10.4. The summed E-state index contributed by atoms with van der Waals surface area (Å²) in [6.45, 7) is 1.78. The maximum Gasteiger partial charge on any atom is 0.0389 e. The Bertz CT molecular complexity index is 358. The first-order valence-electron chi connectivity index (χ1n) is 6.47. The van der Waals surface area contributed by atoms with Crippen molar-refractivity contribution in [2.45, 2.75) is 38.6 Å². The molecule has 2 heteroatoms. The van der Waals surface area contributed by atoms with Crippen molar-refractivity contribution in [3.63, 3.8) is 0 Å². The Hall–Kier alpha value is -0.790. The van der Waals surface area contributed by atoms with Gasteiger partial charge in [-0.15, -0.1) is 0 Å². The van der Waals surface area contributed by atoms with Gasteiger partial charge in [0.25, 0.3) is 0 Å². The van der Waals surface area contributed by atoms with Crippen molar-refractivity contribution in [1.82, 2.24) is 4.42 Å². The van der Waals surface area contributed by atoms with Crippen LogP contribution in [-0.2, 0) is 6.54 Å². The standard InChI is InChI=1S/C15H20ClN/c16-17(13-15-9-5-2-6-10-15)12-11-14-7-3-1-4-8-14/h2,5-7,9-10H,1,3-4,8,11-13H2. The Morgan fingerprint density at radius 1 is 1.12 bits per heavy atom. The molecule has 0 unspecified atom stereocenters. The first-order chi connectivity index (χ1) is 8.34. The van der Waals surface area contributed by atoms with Gasteiger partial charge in [-0.3, -0.25) is 0 Å². The molecule has 1 aliphatic rings. The van der Waals surface area contributed by atoms with Crippen LogP contribution < -0.4 is 0 Å². The van der Waals surface area contributed by atoms with E-state index in [2.05, 4.69) is 30.3 Å². The van der Waals surface area contributed by atoms with Gasteiger partial charge in [-0.1, -0.05) is 42.0 Å². The average molecular weight is 250 g/mol. The molecule has 92 valence electrons. The fraction of sp³-hybridized carbons (Fsp3) is 0.467. The molecular formula is C15H20ClN. The third-order valence-electron chi connectivity index (χ3n) is 3.26. The molecule has 0 saturated carbocycles. The molecule has 1 aromatic carbocycles. The molecule has 1 aliphatic carbocycles. The van der Waals surface area contributed by atoms with Crippen molar-refractivity contribution in [2.24, 2.45) is 0 Å². The van der Waals surface area contributed by atoms with E-state index in [-0.39, 0.29) is 0 Å². The van der Waals surface area contributed by atoms with Crippen molar-refractivity contribution in [3.05, 3.63) is 47.5 Å². The van der Waals surface area contributed by atoms with Crippen LogP contribution in [-0.4, -0.2) is 11.0 Å². The van der Waals surface area contributed by atoms with Gasteiger partial charge in [0, 0.05) is 13.1 Å². The van der Waals surface area contributed by atoms with Crippen LogP contribution in [0.25, 0.3) is 0 Å².